The molecule has 0 radical (unpaired) electrons. The topological polar surface area (TPSA) is 81.8 Å². The minimum absolute atomic E-state index is 0.0183. The van der Waals surface area contributed by atoms with E-state index in [1.54, 1.807) is 13.0 Å². The Balaban J connectivity index is 2.57. The molecule has 0 amide bonds. The predicted molar refractivity (Wildman–Crippen MR) is 66.6 cm³/mol. The van der Waals surface area contributed by atoms with Crippen LogP contribution in [-0.2, 0) is 4.79 Å². The summed E-state index contributed by atoms with van der Waals surface area (Å²) in [5.41, 5.74) is 6.68. The number of carbonyl (C=O) groups is 1. The highest BCUT2D eigenvalue weighted by Crippen LogP contribution is 2.42. The van der Waals surface area contributed by atoms with Crippen LogP contribution in [0, 0.1) is 6.92 Å². The van der Waals surface area contributed by atoms with Crippen LogP contribution < -0.4 is 15.2 Å². The monoisotopic (exact) mass is 271 g/mol. The summed E-state index contributed by atoms with van der Waals surface area (Å²) in [6.07, 6.45) is 0. The van der Waals surface area contributed by atoms with Gasteiger partial charge in [-0.25, -0.2) is 0 Å². The van der Waals surface area contributed by atoms with Crippen molar-refractivity contribution in [3.8, 4) is 11.5 Å². The van der Waals surface area contributed by atoms with Crippen LogP contribution in [0.4, 0.5) is 0 Å². The van der Waals surface area contributed by atoms with Crippen LogP contribution in [0.2, 0.25) is 5.02 Å². The lowest BCUT2D eigenvalue weighted by Crippen LogP contribution is -2.24. The summed E-state index contributed by atoms with van der Waals surface area (Å²) < 4.78 is 10.9. The van der Waals surface area contributed by atoms with E-state index in [2.05, 4.69) is 0 Å². The van der Waals surface area contributed by atoms with Crippen molar-refractivity contribution >= 4 is 17.6 Å². The lowest BCUT2D eigenvalue weighted by Gasteiger charge is -2.24. The molecule has 1 aliphatic heterocycles. The standard InChI is InChI=1S/C12H14ClNO4/c1-6-10(7(5-14)12(15)16)8(13)4-9-11(6)18-3-2-17-9/h4,7H,2-3,5,14H2,1H3,(H,15,16). The Labute approximate surface area is 109 Å². The van der Waals surface area contributed by atoms with Crippen molar-refractivity contribution in [2.24, 2.45) is 5.73 Å². The lowest BCUT2D eigenvalue weighted by molar-refractivity contribution is -0.138. The molecule has 1 aromatic rings. The fraction of sp³-hybridized carbons (Fsp3) is 0.417. The predicted octanol–water partition coefficient (Wildman–Crippen LogP) is 1.55. The Hall–Kier alpha value is -1.46. The number of benzene rings is 1. The zero-order valence-electron chi connectivity index (χ0n) is 9.90. The minimum atomic E-state index is -1.00. The SMILES string of the molecule is Cc1c2c(cc(Cl)c1C(CN)C(=O)O)OCCO2. The van der Waals surface area contributed by atoms with Gasteiger partial charge in [0.2, 0.25) is 0 Å². The number of carboxylic acid groups (broad SMARTS) is 1. The van der Waals surface area contributed by atoms with Gasteiger partial charge in [0.1, 0.15) is 13.2 Å². The summed E-state index contributed by atoms with van der Waals surface area (Å²) in [5, 5.41) is 9.51. The maximum Gasteiger partial charge on any atom is 0.312 e. The summed E-state index contributed by atoms with van der Waals surface area (Å²) in [6, 6.07) is 1.59. The Morgan fingerprint density at radius 1 is 1.56 bits per heavy atom. The third kappa shape index (κ3) is 2.11. The van der Waals surface area contributed by atoms with Gasteiger partial charge in [0, 0.05) is 23.2 Å². The van der Waals surface area contributed by atoms with Crippen LogP contribution in [0.3, 0.4) is 0 Å². The van der Waals surface area contributed by atoms with E-state index < -0.39 is 11.9 Å². The van der Waals surface area contributed by atoms with Gasteiger partial charge in [-0.05, 0) is 12.5 Å². The highest BCUT2D eigenvalue weighted by molar-refractivity contribution is 6.32. The number of aliphatic carboxylic acids is 1. The summed E-state index contributed by atoms with van der Waals surface area (Å²) in [7, 11) is 0. The van der Waals surface area contributed by atoms with E-state index in [0.717, 1.165) is 0 Å². The van der Waals surface area contributed by atoms with Crippen molar-refractivity contribution in [2.75, 3.05) is 19.8 Å². The summed E-state index contributed by atoms with van der Waals surface area (Å²) in [6.45, 7) is 2.65. The molecular formula is C12H14ClNO4. The van der Waals surface area contributed by atoms with Gasteiger partial charge < -0.3 is 20.3 Å². The minimum Gasteiger partial charge on any atom is -0.486 e. The van der Waals surface area contributed by atoms with Gasteiger partial charge in [0.15, 0.2) is 11.5 Å². The molecule has 1 heterocycles. The van der Waals surface area contributed by atoms with Crippen LogP contribution in [0.15, 0.2) is 6.07 Å². The normalized spacial score (nSPS) is 15.3. The maximum absolute atomic E-state index is 11.2. The van der Waals surface area contributed by atoms with Crippen molar-refractivity contribution < 1.29 is 19.4 Å². The van der Waals surface area contributed by atoms with Gasteiger partial charge in [-0.2, -0.15) is 0 Å². The van der Waals surface area contributed by atoms with E-state index in [0.29, 0.717) is 40.9 Å². The summed E-state index contributed by atoms with van der Waals surface area (Å²) >= 11 is 6.13. The van der Waals surface area contributed by atoms with Crippen LogP contribution in [0.5, 0.6) is 11.5 Å². The molecule has 5 nitrogen and oxygen atoms in total. The summed E-state index contributed by atoms with van der Waals surface area (Å²) in [5.74, 6) is -0.735. The second-order valence-electron chi connectivity index (χ2n) is 4.05. The van der Waals surface area contributed by atoms with Gasteiger partial charge in [-0.1, -0.05) is 11.6 Å². The van der Waals surface area contributed by atoms with Gasteiger partial charge in [0.25, 0.3) is 0 Å². The number of carboxylic acids is 1. The molecule has 2 rings (SSSR count). The van der Waals surface area contributed by atoms with Gasteiger partial charge in [-0.15, -0.1) is 0 Å². The smallest absolute Gasteiger partial charge is 0.312 e. The second kappa shape index (κ2) is 5.04. The van der Waals surface area contributed by atoms with Crippen molar-refractivity contribution in [2.45, 2.75) is 12.8 Å². The quantitative estimate of drug-likeness (QED) is 0.872. The van der Waals surface area contributed by atoms with Crippen LogP contribution in [-0.4, -0.2) is 30.8 Å². The van der Waals surface area contributed by atoms with E-state index >= 15 is 0 Å². The van der Waals surface area contributed by atoms with Crippen molar-refractivity contribution in [1.29, 1.82) is 0 Å². The van der Waals surface area contributed by atoms with Crippen molar-refractivity contribution in [3.05, 3.63) is 22.2 Å². The molecule has 0 bridgehead atoms. The number of ether oxygens (including phenoxy) is 2. The maximum atomic E-state index is 11.2. The largest absolute Gasteiger partial charge is 0.486 e. The molecule has 18 heavy (non-hydrogen) atoms. The molecule has 1 unspecified atom stereocenters. The average Bonchev–Trinajstić information content (AvgIpc) is 2.34. The molecule has 0 fully saturated rings. The van der Waals surface area contributed by atoms with Crippen molar-refractivity contribution in [3.63, 3.8) is 0 Å². The van der Waals surface area contributed by atoms with E-state index in [9.17, 15) is 4.79 Å². The number of halogens is 1. The fourth-order valence-electron chi connectivity index (χ4n) is 2.10. The molecule has 3 N–H and O–H groups in total. The Kier molecular flexibility index (Phi) is 3.63. The second-order valence-corrected chi connectivity index (χ2v) is 4.45. The fourth-order valence-corrected chi connectivity index (χ4v) is 2.47. The summed E-state index contributed by atoms with van der Waals surface area (Å²) in [4.78, 5) is 11.2. The lowest BCUT2D eigenvalue weighted by atomic mass is 9.93. The number of hydrogen-bond acceptors (Lipinski definition) is 4. The Morgan fingerprint density at radius 2 is 2.22 bits per heavy atom. The van der Waals surface area contributed by atoms with E-state index in [1.165, 1.54) is 0 Å². The molecule has 6 heteroatoms. The number of hydrogen-bond donors (Lipinski definition) is 2. The van der Waals surface area contributed by atoms with Crippen LogP contribution in [0.25, 0.3) is 0 Å². The first-order chi connectivity index (χ1) is 8.56. The van der Waals surface area contributed by atoms with Crippen LogP contribution >= 0.6 is 11.6 Å². The van der Waals surface area contributed by atoms with Gasteiger partial charge >= 0.3 is 5.97 Å². The molecule has 0 spiro atoms. The zero-order valence-corrected chi connectivity index (χ0v) is 10.7. The first-order valence-electron chi connectivity index (χ1n) is 5.57. The van der Waals surface area contributed by atoms with E-state index in [-0.39, 0.29) is 6.54 Å². The Bertz CT molecular complexity index is 489. The molecule has 1 aliphatic rings. The first-order valence-corrected chi connectivity index (χ1v) is 5.95. The molecule has 0 saturated carbocycles. The molecule has 0 saturated heterocycles. The third-order valence-corrected chi connectivity index (χ3v) is 3.27. The Morgan fingerprint density at radius 3 is 2.83 bits per heavy atom. The van der Waals surface area contributed by atoms with E-state index in [4.69, 9.17) is 31.9 Å². The highest BCUT2D eigenvalue weighted by Gasteiger charge is 2.27. The third-order valence-electron chi connectivity index (χ3n) is 2.95. The number of nitrogens with two attached hydrogens (primary N) is 1. The average molecular weight is 272 g/mol. The first kappa shape index (κ1) is 13.0. The zero-order chi connectivity index (χ0) is 13.3. The van der Waals surface area contributed by atoms with E-state index in [1.807, 2.05) is 0 Å². The molecular weight excluding hydrogens is 258 g/mol. The number of fused-ring (bicyclic) bond motifs is 1. The molecule has 0 aliphatic carbocycles. The molecule has 1 aromatic carbocycles. The molecule has 98 valence electrons. The molecule has 1 atom stereocenters. The highest BCUT2D eigenvalue weighted by atomic mass is 35.5. The molecule has 0 aromatic heterocycles. The number of rotatable bonds is 3. The van der Waals surface area contributed by atoms with Crippen molar-refractivity contribution in [1.82, 2.24) is 0 Å². The van der Waals surface area contributed by atoms with Gasteiger partial charge in [0.05, 0.1) is 5.92 Å². The van der Waals surface area contributed by atoms with Gasteiger partial charge in [-0.3, -0.25) is 4.79 Å². The van der Waals surface area contributed by atoms with Crippen LogP contribution in [0.1, 0.15) is 17.0 Å².